The van der Waals surface area contributed by atoms with Gasteiger partial charge in [0, 0.05) is 18.7 Å². The number of ether oxygens (including phenoxy) is 1. The maximum absolute atomic E-state index is 12.4. The molecule has 1 aromatic carbocycles. The molecule has 0 N–H and O–H groups in total. The van der Waals surface area contributed by atoms with Crippen LogP contribution < -0.4 is 9.64 Å². The molecule has 3 fully saturated rings. The Morgan fingerprint density at radius 3 is 2.52 bits per heavy atom. The Labute approximate surface area is 205 Å². The SMILES string of the molecule is O=C(CN1CCC1)c1ccc(OCC[C@@H]2C[C@@H]2C2CCN(c3ncc(Cl)cn3)CC2)cc1Cl. The molecule has 1 aromatic heterocycles. The molecule has 2 aliphatic heterocycles. The maximum atomic E-state index is 12.4. The number of piperidine rings is 1. The van der Waals surface area contributed by atoms with E-state index in [2.05, 4.69) is 19.8 Å². The number of rotatable bonds is 9. The molecule has 0 unspecified atom stereocenters. The first-order chi connectivity index (χ1) is 16.1. The van der Waals surface area contributed by atoms with Crippen LogP contribution in [0.25, 0.3) is 0 Å². The zero-order chi connectivity index (χ0) is 22.8. The molecule has 0 radical (unpaired) electrons. The Morgan fingerprint density at radius 2 is 1.85 bits per heavy atom. The fourth-order valence-electron chi connectivity index (χ4n) is 5.14. The van der Waals surface area contributed by atoms with E-state index in [1.54, 1.807) is 24.5 Å². The number of halogens is 2. The zero-order valence-corrected chi connectivity index (χ0v) is 20.3. The van der Waals surface area contributed by atoms with Gasteiger partial charge in [-0.15, -0.1) is 0 Å². The van der Waals surface area contributed by atoms with Crippen LogP contribution in [0, 0.1) is 17.8 Å². The van der Waals surface area contributed by atoms with E-state index >= 15 is 0 Å². The van der Waals surface area contributed by atoms with Crippen molar-refractivity contribution in [1.29, 1.82) is 0 Å². The Bertz CT molecular complexity index is 975. The van der Waals surface area contributed by atoms with Gasteiger partial charge in [-0.1, -0.05) is 23.2 Å². The Kier molecular flexibility index (Phi) is 7.05. The Balaban J connectivity index is 1.03. The minimum Gasteiger partial charge on any atom is -0.494 e. The van der Waals surface area contributed by atoms with Crippen LogP contribution in [-0.4, -0.2) is 60.0 Å². The first-order valence-electron chi connectivity index (χ1n) is 12.0. The van der Waals surface area contributed by atoms with Gasteiger partial charge in [0.1, 0.15) is 5.75 Å². The minimum atomic E-state index is 0.0840. The summed E-state index contributed by atoms with van der Waals surface area (Å²) >= 11 is 12.3. The summed E-state index contributed by atoms with van der Waals surface area (Å²) in [4.78, 5) is 25.5. The summed E-state index contributed by atoms with van der Waals surface area (Å²) in [5, 5.41) is 1.06. The molecule has 0 bridgehead atoms. The van der Waals surface area contributed by atoms with E-state index < -0.39 is 0 Å². The van der Waals surface area contributed by atoms with Gasteiger partial charge < -0.3 is 9.64 Å². The summed E-state index contributed by atoms with van der Waals surface area (Å²) in [5.41, 5.74) is 0.591. The average molecular weight is 489 g/mol. The number of benzene rings is 1. The predicted octanol–water partition coefficient (Wildman–Crippen LogP) is 4.99. The van der Waals surface area contributed by atoms with E-state index in [1.165, 1.54) is 25.7 Å². The van der Waals surface area contributed by atoms with E-state index in [-0.39, 0.29) is 5.78 Å². The Hall–Kier alpha value is -1.89. The molecule has 3 aliphatic rings. The summed E-state index contributed by atoms with van der Waals surface area (Å²) < 4.78 is 5.96. The predicted molar refractivity (Wildman–Crippen MR) is 131 cm³/mol. The van der Waals surface area contributed by atoms with Gasteiger partial charge in [-0.3, -0.25) is 9.69 Å². The molecule has 5 rings (SSSR count). The van der Waals surface area contributed by atoms with Crippen molar-refractivity contribution >= 4 is 34.9 Å². The summed E-state index contributed by atoms with van der Waals surface area (Å²) in [7, 11) is 0. The largest absolute Gasteiger partial charge is 0.494 e. The molecule has 2 atom stereocenters. The van der Waals surface area contributed by atoms with Gasteiger partial charge in [0.15, 0.2) is 5.78 Å². The lowest BCUT2D eigenvalue weighted by molar-refractivity contribution is 0.0875. The highest BCUT2D eigenvalue weighted by molar-refractivity contribution is 6.34. The van der Waals surface area contributed by atoms with Crippen molar-refractivity contribution in [3.05, 3.63) is 46.2 Å². The zero-order valence-electron chi connectivity index (χ0n) is 18.8. The molecule has 176 valence electrons. The quantitative estimate of drug-likeness (QED) is 0.463. The van der Waals surface area contributed by atoms with Crippen LogP contribution in [0.3, 0.4) is 0 Å². The molecular formula is C25H30Cl2N4O2. The van der Waals surface area contributed by atoms with Crippen LogP contribution in [0.1, 0.15) is 42.5 Å². The first-order valence-corrected chi connectivity index (χ1v) is 12.7. The highest BCUT2D eigenvalue weighted by atomic mass is 35.5. The summed E-state index contributed by atoms with van der Waals surface area (Å²) in [6.45, 7) is 5.16. The van der Waals surface area contributed by atoms with Gasteiger partial charge >= 0.3 is 0 Å². The van der Waals surface area contributed by atoms with Crippen molar-refractivity contribution in [1.82, 2.24) is 14.9 Å². The van der Waals surface area contributed by atoms with Crippen LogP contribution in [0.5, 0.6) is 5.75 Å². The lowest BCUT2D eigenvalue weighted by atomic mass is 9.90. The van der Waals surface area contributed by atoms with Crippen molar-refractivity contribution in [2.24, 2.45) is 17.8 Å². The monoisotopic (exact) mass is 488 g/mol. The third-order valence-electron chi connectivity index (χ3n) is 7.33. The summed E-state index contributed by atoms with van der Waals surface area (Å²) in [6, 6.07) is 5.45. The number of hydrogen-bond acceptors (Lipinski definition) is 6. The average Bonchev–Trinajstić information content (AvgIpc) is 3.56. The number of hydrogen-bond donors (Lipinski definition) is 0. The van der Waals surface area contributed by atoms with Gasteiger partial charge in [0.05, 0.1) is 35.6 Å². The van der Waals surface area contributed by atoms with Crippen molar-refractivity contribution in [2.45, 2.75) is 32.1 Å². The van der Waals surface area contributed by atoms with Crippen LogP contribution in [0.15, 0.2) is 30.6 Å². The molecule has 6 nitrogen and oxygen atoms in total. The molecular weight excluding hydrogens is 459 g/mol. The number of Topliss-reactive ketones (excluding diaryl/α,β-unsaturated/α-hetero) is 1. The third-order valence-corrected chi connectivity index (χ3v) is 7.83. The lowest BCUT2D eigenvalue weighted by Crippen LogP contribution is -2.40. The second-order valence-corrected chi connectivity index (χ2v) is 10.4. The number of carbonyl (C=O) groups is 1. The maximum Gasteiger partial charge on any atom is 0.225 e. The minimum absolute atomic E-state index is 0.0840. The first kappa shape index (κ1) is 22.9. The van der Waals surface area contributed by atoms with Gasteiger partial charge in [0.25, 0.3) is 0 Å². The summed E-state index contributed by atoms with van der Waals surface area (Å²) in [5.74, 6) is 3.96. The third kappa shape index (κ3) is 5.61. The van der Waals surface area contributed by atoms with Crippen LogP contribution in [-0.2, 0) is 0 Å². The van der Waals surface area contributed by atoms with E-state index in [0.29, 0.717) is 28.8 Å². The molecule has 2 saturated heterocycles. The highest BCUT2D eigenvalue weighted by Crippen LogP contribution is 2.49. The molecule has 3 heterocycles. The lowest BCUT2D eigenvalue weighted by Gasteiger charge is -2.32. The van der Waals surface area contributed by atoms with E-state index in [0.717, 1.165) is 62.1 Å². The van der Waals surface area contributed by atoms with Gasteiger partial charge in [0.2, 0.25) is 5.95 Å². The molecule has 1 saturated carbocycles. The van der Waals surface area contributed by atoms with E-state index in [1.807, 2.05) is 6.07 Å². The molecule has 1 aliphatic carbocycles. The van der Waals surface area contributed by atoms with Crippen molar-refractivity contribution < 1.29 is 9.53 Å². The smallest absolute Gasteiger partial charge is 0.225 e. The van der Waals surface area contributed by atoms with E-state index in [9.17, 15) is 4.79 Å². The topological polar surface area (TPSA) is 58.6 Å². The number of nitrogens with zero attached hydrogens (tertiary/aromatic N) is 4. The van der Waals surface area contributed by atoms with Gasteiger partial charge in [-0.2, -0.15) is 0 Å². The number of ketones is 1. The van der Waals surface area contributed by atoms with Crippen LogP contribution >= 0.6 is 23.2 Å². The standard InChI is InChI=1S/C25H30Cl2N4O2/c26-19-14-28-25(29-15-19)31-9-4-17(5-10-31)22-12-18(22)6-11-33-20-2-3-21(23(27)13-20)24(32)16-30-7-1-8-30/h2-3,13-15,17-18,22H,1,4-12,16H2/t18-,22-/m1/s1. The summed E-state index contributed by atoms with van der Waals surface area (Å²) in [6.07, 6.45) is 9.26. The molecule has 33 heavy (non-hydrogen) atoms. The van der Waals surface area contributed by atoms with Crippen molar-refractivity contribution in [3.63, 3.8) is 0 Å². The van der Waals surface area contributed by atoms with Crippen LogP contribution in [0.4, 0.5) is 5.95 Å². The second-order valence-electron chi connectivity index (χ2n) is 9.52. The number of carbonyl (C=O) groups excluding carboxylic acids is 1. The highest BCUT2D eigenvalue weighted by Gasteiger charge is 2.43. The number of aromatic nitrogens is 2. The van der Waals surface area contributed by atoms with Crippen molar-refractivity contribution in [3.8, 4) is 5.75 Å². The normalized spacial score (nSPS) is 23.3. The molecule has 8 heteroatoms. The Morgan fingerprint density at radius 1 is 1.09 bits per heavy atom. The second kappa shape index (κ2) is 10.2. The molecule has 2 aromatic rings. The molecule has 0 spiro atoms. The van der Waals surface area contributed by atoms with Gasteiger partial charge in [-0.25, -0.2) is 9.97 Å². The van der Waals surface area contributed by atoms with Crippen molar-refractivity contribution in [2.75, 3.05) is 44.2 Å². The van der Waals surface area contributed by atoms with Crippen LogP contribution in [0.2, 0.25) is 10.0 Å². The fraction of sp³-hybridized carbons (Fsp3) is 0.560. The molecule has 0 amide bonds. The van der Waals surface area contributed by atoms with Gasteiger partial charge in [-0.05, 0) is 81.1 Å². The van der Waals surface area contributed by atoms with E-state index in [4.69, 9.17) is 27.9 Å². The number of likely N-dealkylation sites (tertiary alicyclic amines) is 1. The fourth-order valence-corrected chi connectivity index (χ4v) is 5.52. The number of anilines is 1.